The van der Waals surface area contributed by atoms with Gasteiger partial charge in [-0.15, -0.1) is 0 Å². The second kappa shape index (κ2) is 12.0. The summed E-state index contributed by atoms with van der Waals surface area (Å²) in [6.07, 6.45) is 4.24. The van der Waals surface area contributed by atoms with Crippen molar-refractivity contribution in [2.75, 3.05) is 38.5 Å². The third kappa shape index (κ3) is 6.41. The maximum absolute atomic E-state index is 15.1. The third-order valence-corrected chi connectivity index (χ3v) is 6.59. The highest BCUT2D eigenvalue weighted by Crippen LogP contribution is 2.28. The van der Waals surface area contributed by atoms with Crippen molar-refractivity contribution in [2.24, 2.45) is 10.7 Å². The van der Waals surface area contributed by atoms with Crippen LogP contribution in [0.4, 0.5) is 10.1 Å². The molecule has 3 aliphatic rings. The van der Waals surface area contributed by atoms with Crippen molar-refractivity contribution in [3.8, 4) is 5.75 Å². The van der Waals surface area contributed by atoms with Crippen molar-refractivity contribution in [1.29, 1.82) is 0 Å². The first-order valence-corrected chi connectivity index (χ1v) is 12.7. The van der Waals surface area contributed by atoms with Crippen LogP contribution in [-0.2, 0) is 9.59 Å². The molecule has 5 N–H and O–H groups in total. The molecule has 1 aromatic rings. The van der Waals surface area contributed by atoms with Gasteiger partial charge in [0.1, 0.15) is 17.4 Å². The molecule has 0 saturated carbocycles. The number of halogens is 1. The Morgan fingerprint density at radius 2 is 2.05 bits per heavy atom. The summed E-state index contributed by atoms with van der Waals surface area (Å²) in [6.45, 7) is 8.72. The molecule has 1 unspecified atom stereocenters. The third-order valence-electron chi connectivity index (χ3n) is 6.59. The van der Waals surface area contributed by atoms with Crippen LogP contribution in [0.15, 0.2) is 76.8 Å². The lowest BCUT2D eigenvalue weighted by molar-refractivity contribution is -0.118. The Hall–Kier alpha value is -4.12. The average molecular weight is 524 g/mol. The number of benzene rings is 1. The first-order chi connectivity index (χ1) is 18.3. The number of allylic oxidation sites excluding steroid dienone is 5. The minimum atomic E-state index is -0.928. The van der Waals surface area contributed by atoms with Crippen LogP contribution in [0.5, 0.6) is 5.75 Å². The van der Waals surface area contributed by atoms with Gasteiger partial charge in [-0.3, -0.25) is 9.59 Å². The molecule has 4 rings (SSSR count). The number of carbonyl (C=O) groups excluding carboxylic acids is 2. The molecule has 202 valence electrons. The first kappa shape index (κ1) is 26.9. The van der Waals surface area contributed by atoms with Gasteiger partial charge in [-0.2, -0.15) is 4.99 Å². The van der Waals surface area contributed by atoms with E-state index in [1.165, 1.54) is 12.2 Å². The maximum Gasteiger partial charge on any atom is 0.247 e. The number of anilines is 1. The number of primary amides is 1. The fourth-order valence-electron chi connectivity index (χ4n) is 4.46. The number of nitrogens with one attached hydrogen (secondary N) is 3. The van der Waals surface area contributed by atoms with E-state index in [2.05, 4.69) is 44.4 Å². The summed E-state index contributed by atoms with van der Waals surface area (Å²) in [5.74, 6) is -0.364. The highest BCUT2D eigenvalue weighted by Gasteiger charge is 2.31. The molecular weight excluding hydrogens is 489 g/mol. The summed E-state index contributed by atoms with van der Waals surface area (Å²) in [5, 5.41) is 8.90. The molecule has 2 amide bonds. The van der Waals surface area contributed by atoms with Crippen LogP contribution in [0.2, 0.25) is 0 Å². The molecule has 0 spiro atoms. The molecule has 1 fully saturated rings. The molecule has 1 aromatic carbocycles. The number of nitrogens with two attached hydrogens (primary N) is 1. The van der Waals surface area contributed by atoms with E-state index in [0.717, 1.165) is 26.2 Å². The molecule has 2 heterocycles. The van der Waals surface area contributed by atoms with Crippen LogP contribution < -0.4 is 26.4 Å². The van der Waals surface area contributed by atoms with Crippen LogP contribution >= 0.6 is 0 Å². The Morgan fingerprint density at radius 1 is 1.29 bits per heavy atom. The minimum absolute atomic E-state index is 0.225. The minimum Gasteiger partial charge on any atom is -0.437 e. The second-order valence-corrected chi connectivity index (χ2v) is 9.32. The molecule has 0 aromatic heterocycles. The van der Waals surface area contributed by atoms with Gasteiger partial charge < -0.3 is 36.2 Å². The SMILES string of the molecule is C=CC(=O)Nc1cccc(OC2=C(CC)NC(C(N)=O)C(NC3=CC(F)=C(N4CCN(C)CC4)CC3)=N2)c1. The number of ether oxygens (including phenoxy) is 1. The fourth-order valence-corrected chi connectivity index (χ4v) is 4.46. The summed E-state index contributed by atoms with van der Waals surface area (Å²) >= 11 is 0. The van der Waals surface area contributed by atoms with E-state index >= 15 is 4.39 Å². The Labute approximate surface area is 221 Å². The largest absolute Gasteiger partial charge is 0.437 e. The van der Waals surface area contributed by atoms with Crippen molar-refractivity contribution in [3.05, 3.63) is 71.8 Å². The lowest BCUT2D eigenvalue weighted by Crippen LogP contribution is -2.54. The van der Waals surface area contributed by atoms with Crippen LogP contribution in [0.3, 0.4) is 0 Å². The Bertz CT molecular complexity index is 1230. The molecule has 10 nitrogen and oxygen atoms in total. The van der Waals surface area contributed by atoms with Gasteiger partial charge in [0.2, 0.25) is 17.7 Å². The van der Waals surface area contributed by atoms with E-state index in [9.17, 15) is 9.59 Å². The van der Waals surface area contributed by atoms with Crippen LogP contribution in [0.25, 0.3) is 0 Å². The number of rotatable bonds is 8. The van der Waals surface area contributed by atoms with Gasteiger partial charge in [0.15, 0.2) is 6.04 Å². The zero-order valence-electron chi connectivity index (χ0n) is 21.7. The lowest BCUT2D eigenvalue weighted by Gasteiger charge is -2.37. The Balaban J connectivity index is 1.56. The quantitative estimate of drug-likeness (QED) is 0.386. The van der Waals surface area contributed by atoms with E-state index in [4.69, 9.17) is 10.5 Å². The van der Waals surface area contributed by atoms with Gasteiger partial charge in [0.05, 0.1) is 11.4 Å². The maximum atomic E-state index is 15.1. The number of hydrogen-bond acceptors (Lipinski definition) is 8. The molecule has 11 heteroatoms. The van der Waals surface area contributed by atoms with Gasteiger partial charge >= 0.3 is 0 Å². The van der Waals surface area contributed by atoms with Crippen molar-refractivity contribution in [1.82, 2.24) is 20.4 Å². The van der Waals surface area contributed by atoms with E-state index in [0.29, 0.717) is 47.8 Å². The summed E-state index contributed by atoms with van der Waals surface area (Å²) in [7, 11) is 2.06. The van der Waals surface area contributed by atoms with Gasteiger partial charge in [0.25, 0.3) is 0 Å². The van der Waals surface area contributed by atoms with Crippen molar-refractivity contribution in [2.45, 2.75) is 32.2 Å². The number of likely N-dealkylation sites (N-methyl/N-ethyl adjacent to an activating group) is 1. The molecule has 2 aliphatic heterocycles. The number of aliphatic imine (C=N–C) groups is 1. The first-order valence-electron chi connectivity index (χ1n) is 12.7. The molecular formula is C27H34FN7O3. The van der Waals surface area contributed by atoms with Gasteiger partial charge in [0, 0.05) is 43.6 Å². The molecule has 0 bridgehead atoms. The number of amides is 2. The highest BCUT2D eigenvalue weighted by molar-refractivity contribution is 6.08. The standard InChI is InChI=1S/C27H34FN7O3/c1-4-21-27(38-19-8-6-7-17(15-19)30-23(36)5-2)33-26(24(32-21)25(29)37)31-18-9-10-22(20(28)16-18)35-13-11-34(3)12-14-35/h5-8,15-16,24,32H,2,4,9-14H2,1,3H3,(H2,29,37)(H,30,36)(H,31,33). The predicted octanol–water partition coefficient (Wildman–Crippen LogP) is 2.32. The monoisotopic (exact) mass is 523 g/mol. The Morgan fingerprint density at radius 3 is 2.71 bits per heavy atom. The topological polar surface area (TPSA) is 124 Å². The number of nitrogens with zero attached hydrogens (tertiary/aromatic N) is 3. The van der Waals surface area contributed by atoms with Crippen molar-refractivity contribution < 1.29 is 18.7 Å². The predicted molar refractivity (Wildman–Crippen MR) is 144 cm³/mol. The summed E-state index contributed by atoms with van der Waals surface area (Å²) in [6, 6.07) is 5.88. The molecule has 1 aliphatic carbocycles. The van der Waals surface area contributed by atoms with E-state index in [1.54, 1.807) is 24.3 Å². The van der Waals surface area contributed by atoms with E-state index in [1.807, 2.05) is 6.92 Å². The van der Waals surface area contributed by atoms with Crippen LogP contribution in [-0.4, -0.2) is 66.7 Å². The molecule has 1 atom stereocenters. The fraction of sp³-hybridized carbons (Fsp3) is 0.370. The molecule has 0 radical (unpaired) electrons. The zero-order chi connectivity index (χ0) is 27.2. The van der Waals surface area contributed by atoms with Gasteiger partial charge in [-0.25, -0.2) is 4.39 Å². The van der Waals surface area contributed by atoms with E-state index in [-0.39, 0.29) is 23.5 Å². The molecule has 38 heavy (non-hydrogen) atoms. The molecule has 1 saturated heterocycles. The summed E-state index contributed by atoms with van der Waals surface area (Å²) < 4.78 is 21.2. The summed E-state index contributed by atoms with van der Waals surface area (Å²) in [4.78, 5) is 32.8. The average Bonchev–Trinajstić information content (AvgIpc) is 2.89. The number of amidine groups is 1. The number of hydrogen-bond donors (Lipinski definition) is 4. The second-order valence-electron chi connectivity index (χ2n) is 9.32. The van der Waals surface area contributed by atoms with Gasteiger partial charge in [-0.1, -0.05) is 19.6 Å². The lowest BCUT2D eigenvalue weighted by atomic mass is 10.0. The van der Waals surface area contributed by atoms with Crippen molar-refractivity contribution in [3.63, 3.8) is 0 Å². The normalized spacial score (nSPS) is 20.3. The highest BCUT2D eigenvalue weighted by atomic mass is 19.1. The van der Waals surface area contributed by atoms with Gasteiger partial charge in [-0.05, 0) is 50.6 Å². The van der Waals surface area contributed by atoms with Crippen LogP contribution in [0.1, 0.15) is 26.2 Å². The number of carbonyl (C=O) groups is 2. The van der Waals surface area contributed by atoms with Crippen molar-refractivity contribution >= 4 is 23.3 Å². The summed E-state index contributed by atoms with van der Waals surface area (Å²) in [5.41, 5.74) is 8.08. The van der Waals surface area contributed by atoms with Crippen LogP contribution in [0, 0.1) is 0 Å². The Kier molecular flexibility index (Phi) is 8.47. The van der Waals surface area contributed by atoms with E-state index < -0.39 is 11.9 Å². The zero-order valence-corrected chi connectivity index (χ0v) is 21.7. The number of piperazine rings is 1. The smallest absolute Gasteiger partial charge is 0.247 e.